The maximum atomic E-state index is 4.87. The van der Waals surface area contributed by atoms with Crippen LogP contribution in [0, 0.1) is 0 Å². The van der Waals surface area contributed by atoms with Crippen molar-refractivity contribution in [2.75, 3.05) is 5.75 Å². The second-order valence-electron chi connectivity index (χ2n) is 4.98. The van der Waals surface area contributed by atoms with E-state index in [2.05, 4.69) is 80.8 Å². The Morgan fingerprint density at radius 3 is 2.64 bits per heavy atom. The van der Waals surface area contributed by atoms with Crippen molar-refractivity contribution in [1.82, 2.24) is 4.68 Å². The zero-order valence-electron chi connectivity index (χ0n) is 11.8. The molecule has 0 amide bonds. The summed E-state index contributed by atoms with van der Waals surface area (Å²) in [6.07, 6.45) is 0. The average Bonchev–Trinajstić information content (AvgIpc) is 2.81. The Morgan fingerprint density at radius 1 is 1.14 bits per heavy atom. The van der Waals surface area contributed by atoms with Gasteiger partial charge in [-0.2, -0.15) is 0 Å². The summed E-state index contributed by atoms with van der Waals surface area (Å²) in [5, 5.41) is 6.05. The summed E-state index contributed by atoms with van der Waals surface area (Å²) in [5.74, 6) is 0.895. The minimum Gasteiger partial charge on any atom is -1.00 e. The highest BCUT2D eigenvalue weighted by atomic mass is 79.9. The fraction of sp³-hybridized carbons (Fsp3) is 0.125. The monoisotopic (exact) mass is 437 g/mol. The fourth-order valence-electron chi connectivity index (χ4n) is 2.60. The molecule has 6 heteroatoms. The second-order valence-corrected chi connectivity index (χ2v) is 6.84. The maximum Gasteiger partial charge on any atom is 0.344 e. The van der Waals surface area contributed by atoms with Gasteiger partial charge in [-0.05, 0) is 36.0 Å². The van der Waals surface area contributed by atoms with Crippen molar-refractivity contribution in [3.63, 3.8) is 0 Å². The van der Waals surface area contributed by atoms with Crippen LogP contribution < -0.4 is 21.5 Å². The molecule has 22 heavy (non-hydrogen) atoms. The molecule has 1 aromatic heterocycles. The lowest BCUT2D eigenvalue weighted by molar-refractivity contribution is -0.685. The van der Waals surface area contributed by atoms with Crippen LogP contribution in [0.5, 0.6) is 0 Å². The molecule has 0 saturated carbocycles. The lowest BCUT2D eigenvalue weighted by Crippen LogP contribution is -3.00. The first kappa shape index (κ1) is 15.8. The van der Waals surface area contributed by atoms with Gasteiger partial charge in [0.25, 0.3) is 0 Å². The summed E-state index contributed by atoms with van der Waals surface area (Å²) in [6.45, 7) is 0. The molecule has 3 aromatic rings. The van der Waals surface area contributed by atoms with Crippen LogP contribution in [0.3, 0.4) is 0 Å². The molecule has 0 N–H and O–H groups in total. The van der Waals surface area contributed by atoms with Crippen molar-refractivity contribution < 1.29 is 21.5 Å². The summed E-state index contributed by atoms with van der Waals surface area (Å²) in [7, 11) is 2.10. The Balaban J connectivity index is 0.00000144. The second kappa shape index (κ2) is 6.18. The molecule has 2 heterocycles. The van der Waals surface area contributed by atoms with Crippen molar-refractivity contribution in [2.24, 2.45) is 12.1 Å². The minimum absolute atomic E-state index is 0. The van der Waals surface area contributed by atoms with Crippen molar-refractivity contribution >= 4 is 44.4 Å². The molecule has 0 radical (unpaired) electrons. The van der Waals surface area contributed by atoms with E-state index in [1.165, 1.54) is 16.2 Å². The number of halogens is 2. The molecule has 1 aliphatic rings. The zero-order valence-corrected chi connectivity index (χ0v) is 15.8. The van der Waals surface area contributed by atoms with E-state index in [9.17, 15) is 0 Å². The van der Waals surface area contributed by atoms with Crippen molar-refractivity contribution in [1.29, 1.82) is 0 Å². The average molecular weight is 439 g/mol. The fourth-order valence-corrected chi connectivity index (χ4v) is 3.90. The predicted molar refractivity (Wildman–Crippen MR) is 89.9 cm³/mol. The molecule has 0 unspecified atom stereocenters. The highest BCUT2D eigenvalue weighted by molar-refractivity contribution is 9.10. The third-order valence-electron chi connectivity index (χ3n) is 3.68. The van der Waals surface area contributed by atoms with E-state index in [0.29, 0.717) is 0 Å². The zero-order chi connectivity index (χ0) is 14.4. The highest BCUT2D eigenvalue weighted by Gasteiger charge is 2.28. The third kappa shape index (κ3) is 2.53. The summed E-state index contributed by atoms with van der Waals surface area (Å²) in [5.41, 5.74) is 4.65. The molecule has 0 bridgehead atoms. The Kier molecular flexibility index (Phi) is 4.43. The van der Waals surface area contributed by atoms with Crippen molar-refractivity contribution in [3.05, 3.63) is 58.6 Å². The van der Waals surface area contributed by atoms with E-state index in [1.54, 1.807) is 0 Å². The molecule has 0 saturated heterocycles. The van der Waals surface area contributed by atoms with Gasteiger partial charge in [0.1, 0.15) is 5.71 Å². The summed E-state index contributed by atoms with van der Waals surface area (Å²) >= 11 is 5.31. The van der Waals surface area contributed by atoms with Crippen LogP contribution in [-0.4, -0.2) is 16.1 Å². The maximum absolute atomic E-state index is 4.87. The first-order chi connectivity index (χ1) is 10.2. The van der Waals surface area contributed by atoms with E-state index in [1.807, 2.05) is 11.8 Å². The minimum atomic E-state index is 0. The van der Waals surface area contributed by atoms with E-state index in [0.717, 1.165) is 21.5 Å². The van der Waals surface area contributed by atoms with E-state index in [4.69, 9.17) is 5.10 Å². The summed E-state index contributed by atoms with van der Waals surface area (Å²) in [4.78, 5) is 0. The van der Waals surface area contributed by atoms with Gasteiger partial charge < -0.3 is 17.0 Å². The van der Waals surface area contributed by atoms with Crippen LogP contribution in [0.2, 0.25) is 0 Å². The van der Waals surface area contributed by atoms with Crippen LogP contribution in [0.15, 0.2) is 63.3 Å². The first-order valence-electron chi connectivity index (χ1n) is 6.70. The van der Waals surface area contributed by atoms with Gasteiger partial charge in [-0.1, -0.05) is 50.0 Å². The highest BCUT2D eigenvalue weighted by Crippen LogP contribution is 2.27. The van der Waals surface area contributed by atoms with Gasteiger partial charge >= 0.3 is 5.16 Å². The van der Waals surface area contributed by atoms with Gasteiger partial charge in [-0.25, -0.2) is 4.57 Å². The van der Waals surface area contributed by atoms with Gasteiger partial charge in [-0.15, -0.1) is 0 Å². The van der Waals surface area contributed by atoms with Crippen LogP contribution in [0.25, 0.3) is 11.0 Å². The number of nitrogens with zero attached hydrogens (tertiary/aromatic N) is 3. The van der Waals surface area contributed by atoms with E-state index >= 15 is 0 Å². The summed E-state index contributed by atoms with van der Waals surface area (Å²) in [6, 6.07) is 16.7. The number of para-hydroxylation sites is 2. The Labute approximate surface area is 151 Å². The smallest absolute Gasteiger partial charge is 0.344 e. The molecule has 4 rings (SSSR count). The number of hydrogen-bond acceptors (Lipinski definition) is 2. The van der Waals surface area contributed by atoms with Gasteiger partial charge in [-0.3, -0.25) is 0 Å². The molecule has 0 atom stereocenters. The van der Waals surface area contributed by atoms with Crippen LogP contribution in [0.1, 0.15) is 5.56 Å². The standard InChI is InChI=1S/C16H13BrN3S.BrH/c1-19-14-4-2-3-5-15(14)20-16(19)21-10-13(18-20)11-6-8-12(17)9-7-11;/h2-9H,10H2,1H3;1H/q+1;/p-1. The first-order valence-corrected chi connectivity index (χ1v) is 8.48. The molecule has 112 valence electrons. The normalized spacial score (nSPS) is 13.5. The van der Waals surface area contributed by atoms with Crippen LogP contribution in [0.4, 0.5) is 0 Å². The molecule has 0 aliphatic carbocycles. The van der Waals surface area contributed by atoms with Crippen molar-refractivity contribution in [3.8, 4) is 0 Å². The molecular formula is C16H13Br2N3S. The van der Waals surface area contributed by atoms with Gasteiger partial charge in [0.05, 0.1) is 12.8 Å². The van der Waals surface area contributed by atoms with Gasteiger partial charge in [0.2, 0.25) is 5.52 Å². The Hall–Kier alpha value is -1.11. The van der Waals surface area contributed by atoms with Crippen molar-refractivity contribution in [2.45, 2.75) is 5.16 Å². The van der Waals surface area contributed by atoms with Gasteiger partial charge in [0, 0.05) is 10.0 Å². The number of hydrogen-bond donors (Lipinski definition) is 0. The number of imidazole rings is 1. The van der Waals surface area contributed by atoms with Crippen LogP contribution >= 0.6 is 27.7 Å². The largest absolute Gasteiger partial charge is 1.00 e. The predicted octanol–water partition coefficient (Wildman–Crippen LogP) is 0.590. The number of rotatable bonds is 1. The number of thioether (sulfide) groups is 1. The van der Waals surface area contributed by atoms with E-state index in [-0.39, 0.29) is 17.0 Å². The third-order valence-corrected chi connectivity index (χ3v) is 5.33. The Bertz CT molecular complexity index is 869. The molecule has 2 aromatic carbocycles. The topological polar surface area (TPSA) is 21.2 Å². The number of aryl methyl sites for hydroxylation is 1. The molecule has 0 spiro atoms. The van der Waals surface area contributed by atoms with Crippen LogP contribution in [-0.2, 0) is 7.05 Å². The Morgan fingerprint density at radius 2 is 1.86 bits per heavy atom. The molecule has 1 aliphatic heterocycles. The SMILES string of the molecule is C[n+]1c2n(c3ccccc31)N=C(c1ccc(Br)cc1)CS2.[Br-]. The van der Waals surface area contributed by atoms with E-state index < -0.39 is 0 Å². The van der Waals surface area contributed by atoms with Gasteiger partial charge in [0.15, 0.2) is 5.52 Å². The molecule has 3 nitrogen and oxygen atoms in total. The number of benzene rings is 2. The molecular weight excluding hydrogens is 426 g/mol. The number of fused-ring (bicyclic) bond motifs is 3. The lowest BCUT2D eigenvalue weighted by atomic mass is 10.1. The summed E-state index contributed by atoms with van der Waals surface area (Å²) < 4.78 is 5.36. The number of aromatic nitrogens is 2. The molecule has 0 fully saturated rings. The lowest BCUT2D eigenvalue weighted by Gasteiger charge is -2.09. The quantitative estimate of drug-likeness (QED) is 0.509.